The van der Waals surface area contributed by atoms with Crippen molar-refractivity contribution in [3.63, 3.8) is 0 Å². The highest BCUT2D eigenvalue weighted by molar-refractivity contribution is 6.24. The lowest BCUT2D eigenvalue weighted by molar-refractivity contribution is -0.153. The Balaban J connectivity index is 1.73. The molecule has 0 radical (unpaired) electrons. The number of benzene rings is 2. The molecule has 0 aromatic heterocycles. The van der Waals surface area contributed by atoms with Gasteiger partial charge in [0.15, 0.2) is 11.4 Å². The van der Waals surface area contributed by atoms with Crippen molar-refractivity contribution in [1.82, 2.24) is 4.90 Å². The Bertz CT molecular complexity index is 1540. The van der Waals surface area contributed by atoms with Gasteiger partial charge in [0.1, 0.15) is 22.8 Å². The van der Waals surface area contributed by atoms with Crippen molar-refractivity contribution in [2.75, 3.05) is 38.8 Å². The van der Waals surface area contributed by atoms with Crippen molar-refractivity contribution in [2.45, 2.75) is 24.5 Å². The van der Waals surface area contributed by atoms with Crippen LogP contribution in [-0.4, -0.2) is 82.6 Å². The Morgan fingerprint density at radius 2 is 1.68 bits per heavy atom. The predicted octanol–water partition coefficient (Wildman–Crippen LogP) is 1.28. The van der Waals surface area contributed by atoms with Crippen LogP contribution in [0.25, 0.3) is 16.9 Å². The molecule has 5 rings (SSSR count). The zero-order chi connectivity index (χ0) is 29.4. The van der Waals surface area contributed by atoms with E-state index in [1.54, 1.807) is 20.2 Å². The minimum atomic E-state index is -2.69. The summed E-state index contributed by atoms with van der Waals surface area (Å²) in [6.45, 7) is 0. The number of likely N-dealkylation sites (N-methyl/N-ethyl adjacent to an activating group) is 1. The number of rotatable bonds is 4. The Hall–Kier alpha value is -4.35. The molecular weight excluding hydrogens is 516 g/mol. The van der Waals surface area contributed by atoms with Crippen molar-refractivity contribution >= 4 is 34.6 Å². The monoisotopic (exact) mass is 548 g/mol. The summed E-state index contributed by atoms with van der Waals surface area (Å²) in [5.74, 6) is -7.07. The number of hydrogen-bond acceptors (Lipinski definition) is 10. The molecule has 4 atom stereocenters. The van der Waals surface area contributed by atoms with Crippen LogP contribution in [0.15, 0.2) is 47.2 Å². The lowest BCUT2D eigenvalue weighted by Crippen LogP contribution is -2.65. The molecule has 1 unspecified atom stereocenters. The number of aromatic hydroxyl groups is 1. The molecule has 3 aliphatic rings. The Morgan fingerprint density at radius 3 is 2.23 bits per heavy atom. The summed E-state index contributed by atoms with van der Waals surface area (Å²) in [5, 5.41) is 45.1. The molecule has 40 heavy (non-hydrogen) atoms. The summed E-state index contributed by atoms with van der Waals surface area (Å²) in [6.07, 6.45) is 0.184. The van der Waals surface area contributed by atoms with E-state index < -0.39 is 63.8 Å². The largest absolute Gasteiger partial charge is 0.508 e. The van der Waals surface area contributed by atoms with Crippen molar-refractivity contribution < 1.29 is 34.8 Å². The molecule has 0 saturated heterocycles. The zero-order valence-electron chi connectivity index (χ0n) is 22.6. The number of carbonyl (C=O) groups is 3. The second kappa shape index (κ2) is 9.10. The Labute approximate surface area is 230 Å². The highest BCUT2D eigenvalue weighted by atomic mass is 16.3. The van der Waals surface area contributed by atoms with Crippen molar-refractivity contribution in [2.24, 2.45) is 17.6 Å². The van der Waals surface area contributed by atoms with E-state index >= 15 is 0 Å². The van der Waals surface area contributed by atoms with Gasteiger partial charge in [0.25, 0.3) is 5.91 Å². The molecule has 210 valence electrons. The van der Waals surface area contributed by atoms with Gasteiger partial charge in [-0.15, -0.1) is 0 Å². The van der Waals surface area contributed by atoms with E-state index in [1.807, 2.05) is 43.3 Å². The van der Waals surface area contributed by atoms with Crippen molar-refractivity contribution in [3.05, 3.63) is 58.4 Å². The maximum Gasteiger partial charge on any atom is 0.255 e. The summed E-state index contributed by atoms with van der Waals surface area (Å²) in [7, 11) is 6.95. The summed E-state index contributed by atoms with van der Waals surface area (Å²) >= 11 is 0. The standard InChI is InChI=1S/C29H32N4O7/c1-32(2)14-7-5-12(6-8-14)15-11-18(30)23(34)20-16(15)9-13-10-17-22(33(3)4)25(36)21(28(31)39)27(38)29(17,40)26(37)19(13)24(20)35/h5-8,11,13,17,22,34-35,38,40H,9-10,30H2,1-4H3,(H2,31,39)/t13-,17-,22?,29-/m1/s1. The number of anilines is 2. The minimum absolute atomic E-state index is 0.00983. The molecule has 1 saturated carbocycles. The molecule has 8 N–H and O–H groups in total. The summed E-state index contributed by atoms with van der Waals surface area (Å²) in [6, 6.07) is 8.07. The Morgan fingerprint density at radius 1 is 1.05 bits per heavy atom. The number of nitrogens with zero attached hydrogens (tertiary/aromatic N) is 2. The summed E-state index contributed by atoms with van der Waals surface area (Å²) in [4.78, 5) is 42.8. The number of hydrogen-bond donors (Lipinski definition) is 6. The molecule has 1 amide bonds. The number of nitrogen functional groups attached to an aromatic ring is 1. The predicted molar refractivity (Wildman–Crippen MR) is 148 cm³/mol. The molecule has 0 spiro atoms. The van der Waals surface area contributed by atoms with E-state index in [4.69, 9.17) is 11.5 Å². The topological polar surface area (TPSA) is 191 Å². The minimum Gasteiger partial charge on any atom is -0.508 e. The number of amides is 1. The van der Waals surface area contributed by atoms with Crippen LogP contribution in [0.1, 0.15) is 17.5 Å². The van der Waals surface area contributed by atoms with Crippen molar-refractivity contribution in [1.29, 1.82) is 0 Å². The number of phenols is 1. The number of phenolic OH excluding ortho intramolecular Hbond substituents is 1. The summed E-state index contributed by atoms with van der Waals surface area (Å²) in [5.41, 5.74) is 10.6. The number of primary amides is 1. The first-order valence-corrected chi connectivity index (χ1v) is 12.8. The van der Waals surface area contributed by atoms with Crippen LogP contribution in [0, 0.1) is 11.8 Å². The van der Waals surface area contributed by atoms with Crippen molar-refractivity contribution in [3.8, 4) is 16.9 Å². The molecule has 3 aliphatic carbocycles. The van der Waals surface area contributed by atoms with Gasteiger partial charge in [0.2, 0.25) is 5.78 Å². The highest BCUT2D eigenvalue weighted by Gasteiger charge is 2.64. The lowest BCUT2D eigenvalue weighted by atomic mass is 9.57. The van der Waals surface area contributed by atoms with E-state index in [0.717, 1.165) is 11.3 Å². The molecule has 2 aromatic rings. The first kappa shape index (κ1) is 27.2. The van der Waals surface area contributed by atoms with Crippen LogP contribution in [0.3, 0.4) is 0 Å². The van der Waals surface area contributed by atoms with E-state index in [1.165, 1.54) is 4.90 Å². The molecule has 2 aromatic carbocycles. The maximum atomic E-state index is 14.0. The smallest absolute Gasteiger partial charge is 0.255 e. The van der Waals surface area contributed by atoms with Gasteiger partial charge in [-0.25, -0.2) is 0 Å². The van der Waals surface area contributed by atoms with Crippen LogP contribution < -0.4 is 16.4 Å². The van der Waals surface area contributed by atoms with Gasteiger partial charge in [-0.3, -0.25) is 19.3 Å². The first-order chi connectivity index (χ1) is 18.7. The lowest BCUT2D eigenvalue weighted by Gasteiger charge is -2.50. The van der Waals surface area contributed by atoms with Gasteiger partial charge in [-0.1, -0.05) is 12.1 Å². The third-order valence-corrected chi connectivity index (χ3v) is 8.44. The van der Waals surface area contributed by atoms with Gasteiger partial charge in [-0.05, 0) is 67.7 Å². The van der Waals surface area contributed by atoms with Gasteiger partial charge >= 0.3 is 0 Å². The van der Waals surface area contributed by atoms with Gasteiger partial charge in [0.05, 0.1) is 17.3 Å². The van der Waals surface area contributed by atoms with Gasteiger partial charge in [-0.2, -0.15) is 0 Å². The highest BCUT2D eigenvalue weighted by Crippen LogP contribution is 2.54. The van der Waals surface area contributed by atoms with E-state index in [-0.39, 0.29) is 29.7 Å². The normalized spacial score (nSPS) is 26.0. The third kappa shape index (κ3) is 3.61. The number of carbonyl (C=O) groups excluding carboxylic acids is 3. The van der Waals surface area contributed by atoms with Gasteiger partial charge < -0.3 is 36.8 Å². The number of ketones is 2. The van der Waals surface area contributed by atoms with E-state index in [9.17, 15) is 34.8 Å². The molecule has 0 heterocycles. The maximum absolute atomic E-state index is 14.0. The average Bonchev–Trinajstić information content (AvgIpc) is 2.88. The molecular formula is C29H32N4O7. The fourth-order valence-electron chi connectivity index (χ4n) is 6.53. The van der Waals surface area contributed by atoms with E-state index in [0.29, 0.717) is 11.1 Å². The molecule has 11 nitrogen and oxygen atoms in total. The number of aliphatic hydroxyl groups is 3. The number of Topliss-reactive ketones (excluding diaryl/α,β-unsaturated/α-hetero) is 2. The Kier molecular flexibility index (Phi) is 6.20. The molecule has 1 fully saturated rings. The second-order valence-corrected chi connectivity index (χ2v) is 11.1. The first-order valence-electron chi connectivity index (χ1n) is 12.8. The second-order valence-electron chi connectivity index (χ2n) is 11.1. The molecule has 11 heteroatoms. The number of aliphatic hydroxyl groups excluding tert-OH is 2. The van der Waals surface area contributed by atoms with Crippen LogP contribution in [0.5, 0.6) is 5.75 Å². The van der Waals surface area contributed by atoms with Crippen LogP contribution in [0.2, 0.25) is 0 Å². The quantitative estimate of drug-likeness (QED) is 0.184. The molecule has 0 aliphatic heterocycles. The zero-order valence-corrected chi connectivity index (χ0v) is 22.6. The van der Waals surface area contributed by atoms with Crippen LogP contribution >= 0.6 is 0 Å². The summed E-state index contributed by atoms with van der Waals surface area (Å²) < 4.78 is 0. The number of nitrogens with two attached hydrogens (primary N) is 2. The third-order valence-electron chi connectivity index (χ3n) is 8.44. The molecule has 0 bridgehead atoms. The van der Waals surface area contributed by atoms with E-state index in [2.05, 4.69) is 0 Å². The average molecular weight is 549 g/mol. The number of fused-ring (bicyclic) bond motifs is 3. The van der Waals surface area contributed by atoms with Crippen LogP contribution in [0.4, 0.5) is 11.4 Å². The SMILES string of the molecule is CN(C)c1ccc(-c2cc(N)c(O)c3c2C[C@@H]2C[C@@H]4C(N(C)C)C(=O)C(C(N)=O)=C(O)[C@]4(O)C(=O)C2=C3O)cc1. The van der Waals surface area contributed by atoms with Crippen LogP contribution in [-0.2, 0) is 20.8 Å². The fourth-order valence-corrected chi connectivity index (χ4v) is 6.53. The fraction of sp³-hybridized carbons (Fsp3) is 0.345. The van der Waals surface area contributed by atoms with Gasteiger partial charge in [0, 0.05) is 31.3 Å².